The summed E-state index contributed by atoms with van der Waals surface area (Å²) in [5.41, 5.74) is 5.08. The smallest absolute Gasteiger partial charge is 0.255 e. The Kier molecular flexibility index (Phi) is 8.72. The van der Waals surface area contributed by atoms with Gasteiger partial charge in [-0.05, 0) is 73.2 Å². The number of carbonyl (C=O) groups excluding carboxylic acids is 3. The van der Waals surface area contributed by atoms with Gasteiger partial charge in [0, 0.05) is 70.8 Å². The number of carbonyl (C=O) groups is 3. The summed E-state index contributed by atoms with van der Waals surface area (Å²) >= 11 is 0. The van der Waals surface area contributed by atoms with Crippen LogP contribution in [0.3, 0.4) is 0 Å². The van der Waals surface area contributed by atoms with E-state index in [1.54, 1.807) is 25.2 Å². The molecule has 1 unspecified atom stereocenters. The molecule has 2 aromatic carbocycles. The molecule has 0 radical (unpaired) electrons. The maximum absolute atomic E-state index is 13.0. The molecule has 4 aliphatic rings. The highest BCUT2D eigenvalue weighted by Crippen LogP contribution is 2.34. The first-order chi connectivity index (χ1) is 20.9. The molecule has 3 fully saturated rings. The first-order valence-corrected chi connectivity index (χ1v) is 15.4. The molecule has 9 heteroatoms. The molecule has 0 bridgehead atoms. The van der Waals surface area contributed by atoms with Gasteiger partial charge in [-0.15, -0.1) is 0 Å². The number of methoxy groups -OCH3 is 1. The van der Waals surface area contributed by atoms with Crippen LogP contribution in [0.15, 0.2) is 48.5 Å². The van der Waals surface area contributed by atoms with Gasteiger partial charge in [-0.2, -0.15) is 0 Å². The molecular weight excluding hydrogens is 544 g/mol. The van der Waals surface area contributed by atoms with Gasteiger partial charge in [0.2, 0.25) is 11.8 Å². The van der Waals surface area contributed by atoms with E-state index in [-0.39, 0.29) is 25.8 Å². The van der Waals surface area contributed by atoms with Crippen molar-refractivity contribution >= 4 is 28.6 Å². The van der Waals surface area contributed by atoms with Crippen molar-refractivity contribution < 1.29 is 25.3 Å². The lowest BCUT2D eigenvalue weighted by Gasteiger charge is -2.29. The monoisotopic (exact) mass is 586 g/mol. The van der Waals surface area contributed by atoms with Crippen molar-refractivity contribution in [3.05, 3.63) is 70.9 Å². The van der Waals surface area contributed by atoms with Crippen LogP contribution >= 0.6 is 0 Å². The van der Waals surface area contributed by atoms with Crippen molar-refractivity contribution in [3.63, 3.8) is 0 Å². The van der Waals surface area contributed by atoms with Crippen molar-refractivity contribution in [1.29, 1.82) is 0 Å². The highest BCUT2D eigenvalue weighted by Gasteiger charge is 2.39. The molecule has 3 amide bonds. The van der Waals surface area contributed by atoms with Crippen LogP contribution in [0.5, 0.6) is 5.75 Å². The second kappa shape index (κ2) is 12.8. The fourth-order valence-electron chi connectivity index (χ4n) is 6.85. The molecule has 1 aromatic heterocycles. The van der Waals surface area contributed by atoms with Gasteiger partial charge in [0.25, 0.3) is 5.91 Å². The van der Waals surface area contributed by atoms with Crippen LogP contribution in [0.4, 0.5) is 0 Å². The number of hydrogen-bond acceptors (Lipinski definition) is 7. The summed E-state index contributed by atoms with van der Waals surface area (Å²) in [7, 11) is 3.25. The van der Waals surface area contributed by atoms with Gasteiger partial charge in [-0.25, -0.2) is 0 Å². The molecule has 4 heterocycles. The molecule has 228 valence electrons. The van der Waals surface area contributed by atoms with E-state index in [1.807, 2.05) is 12.1 Å². The molecule has 2 atom stereocenters. The first kappa shape index (κ1) is 29.3. The van der Waals surface area contributed by atoms with Crippen molar-refractivity contribution in [1.82, 2.24) is 20.1 Å². The van der Waals surface area contributed by atoms with E-state index in [0.717, 1.165) is 42.9 Å². The number of nitrogens with one attached hydrogen (secondary N) is 1. The highest BCUT2D eigenvalue weighted by atomic mass is 16.5. The number of nitrogens with zero attached hydrogens (tertiary/aromatic N) is 3. The average molecular weight is 587 g/mol. The van der Waals surface area contributed by atoms with Crippen LogP contribution in [0.1, 0.15) is 79.5 Å². The number of hydrogen-bond donors (Lipinski definition) is 1. The summed E-state index contributed by atoms with van der Waals surface area (Å²) in [5.74, 6) is 0.539. The van der Waals surface area contributed by atoms with Crippen molar-refractivity contribution in [2.75, 3.05) is 27.3 Å². The van der Waals surface area contributed by atoms with E-state index < -0.39 is 11.9 Å². The Bertz CT molecular complexity index is 1520. The first-order valence-electron chi connectivity index (χ1n) is 15.4. The second-order valence-corrected chi connectivity index (χ2v) is 12.1. The zero-order valence-electron chi connectivity index (χ0n) is 25.0. The zero-order chi connectivity index (χ0) is 29.9. The fraction of sp³-hybridized carbons (Fsp3) is 0.471. The Morgan fingerprint density at radius 2 is 1.79 bits per heavy atom. The Morgan fingerprint density at radius 1 is 0.977 bits per heavy atom. The minimum atomic E-state index is -0.606. The number of imide groups is 1. The summed E-state index contributed by atoms with van der Waals surface area (Å²) in [6, 6.07) is 16.1. The second-order valence-electron chi connectivity index (χ2n) is 12.1. The Labute approximate surface area is 254 Å². The van der Waals surface area contributed by atoms with Crippen LogP contribution < -0.4 is 10.1 Å². The van der Waals surface area contributed by atoms with Gasteiger partial charge in [-0.3, -0.25) is 29.6 Å². The summed E-state index contributed by atoms with van der Waals surface area (Å²) < 4.78 is 10.6. The van der Waals surface area contributed by atoms with E-state index in [0.29, 0.717) is 24.4 Å². The molecule has 1 aliphatic carbocycles. The maximum Gasteiger partial charge on any atom is 0.255 e. The Hall–Kier alpha value is -3.82. The normalized spacial score (nSPS) is 22.5. The Balaban J connectivity index is 0.000000924. The SMILES string of the molecule is COC.O=C1CCC(N2Cc3cc(O[C@H]4CCN(Cc5ccc6nc(C7CCCC7)ccc6c5)C4)ccc3C2=O)C(=O)N1.[HH]. The number of rotatable bonds is 6. The van der Waals surface area contributed by atoms with Crippen molar-refractivity contribution in [2.45, 2.75) is 76.1 Å². The molecule has 1 N–H and O–H groups in total. The third kappa shape index (κ3) is 6.43. The quantitative estimate of drug-likeness (QED) is 0.414. The number of ether oxygens (including phenoxy) is 2. The Morgan fingerprint density at radius 3 is 2.58 bits per heavy atom. The molecular formula is C34H42N4O5. The van der Waals surface area contributed by atoms with E-state index in [2.05, 4.69) is 45.3 Å². The van der Waals surface area contributed by atoms with Gasteiger partial charge >= 0.3 is 0 Å². The van der Waals surface area contributed by atoms with Gasteiger partial charge in [0.05, 0.1) is 5.52 Å². The fourth-order valence-corrected chi connectivity index (χ4v) is 6.85. The minimum Gasteiger partial charge on any atom is -0.489 e. The predicted molar refractivity (Wildman–Crippen MR) is 165 cm³/mol. The topological polar surface area (TPSA) is 101 Å². The van der Waals surface area contributed by atoms with Gasteiger partial charge < -0.3 is 14.4 Å². The molecule has 43 heavy (non-hydrogen) atoms. The van der Waals surface area contributed by atoms with Crippen LogP contribution in [0.2, 0.25) is 0 Å². The maximum atomic E-state index is 13.0. The van der Waals surface area contributed by atoms with E-state index in [4.69, 9.17) is 9.72 Å². The lowest BCUT2D eigenvalue weighted by atomic mass is 10.0. The van der Waals surface area contributed by atoms with E-state index in [1.165, 1.54) is 42.3 Å². The number of benzene rings is 2. The molecule has 3 aromatic rings. The van der Waals surface area contributed by atoms with Crippen LogP contribution in [0.25, 0.3) is 10.9 Å². The third-order valence-electron chi connectivity index (χ3n) is 8.98. The summed E-state index contributed by atoms with van der Waals surface area (Å²) in [6.45, 7) is 3.04. The van der Waals surface area contributed by atoms with Gasteiger partial charge in [0.15, 0.2) is 0 Å². The number of aromatic nitrogens is 1. The van der Waals surface area contributed by atoms with E-state index in [9.17, 15) is 14.4 Å². The number of likely N-dealkylation sites (tertiary alicyclic amines) is 1. The van der Waals surface area contributed by atoms with Crippen molar-refractivity contribution in [3.8, 4) is 5.75 Å². The summed E-state index contributed by atoms with van der Waals surface area (Å²) in [6.07, 6.45) is 6.80. The van der Waals surface area contributed by atoms with E-state index >= 15 is 0 Å². The highest BCUT2D eigenvalue weighted by molar-refractivity contribution is 6.05. The molecule has 7 rings (SSSR count). The number of fused-ring (bicyclic) bond motifs is 2. The van der Waals surface area contributed by atoms with Crippen LogP contribution in [-0.4, -0.2) is 72.0 Å². The predicted octanol–water partition coefficient (Wildman–Crippen LogP) is 4.82. The molecule has 9 nitrogen and oxygen atoms in total. The standard InChI is InChI=1S/C32H34N4O4.C2H6O.H2/c37-30-12-11-29(31(38)34-30)36-18-23-16-24(7-8-26(23)32(36)39)40-25-13-14-35(19-25)17-20-5-9-28-22(15-20)6-10-27(33-28)21-3-1-2-4-21;1-3-2;/h5-10,15-16,21,25,29H,1-4,11-14,17-19H2,(H,34,37,38);1-2H3;1H/t25-,29?;;/m0../s1. The molecule has 2 saturated heterocycles. The van der Waals surface area contributed by atoms with Crippen LogP contribution in [0, 0.1) is 0 Å². The summed E-state index contributed by atoms with van der Waals surface area (Å²) in [5, 5.41) is 3.55. The summed E-state index contributed by atoms with van der Waals surface area (Å²) in [4.78, 5) is 45.8. The average Bonchev–Trinajstić information content (AvgIpc) is 3.75. The van der Waals surface area contributed by atoms with Gasteiger partial charge in [0.1, 0.15) is 17.9 Å². The van der Waals surface area contributed by atoms with Gasteiger partial charge in [-0.1, -0.05) is 25.0 Å². The van der Waals surface area contributed by atoms with Crippen molar-refractivity contribution in [2.24, 2.45) is 0 Å². The lowest BCUT2D eigenvalue weighted by Crippen LogP contribution is -2.52. The largest absolute Gasteiger partial charge is 0.489 e. The third-order valence-corrected chi connectivity index (χ3v) is 8.98. The zero-order valence-corrected chi connectivity index (χ0v) is 25.0. The molecule has 3 aliphatic heterocycles. The molecule has 1 saturated carbocycles. The minimum absolute atomic E-state index is 0. The number of piperidine rings is 1. The lowest BCUT2D eigenvalue weighted by molar-refractivity contribution is -0.136. The molecule has 0 spiro atoms. The number of amides is 3. The van der Waals surface area contributed by atoms with Crippen LogP contribution in [-0.2, 0) is 27.4 Å². The number of pyridine rings is 1.